The van der Waals surface area contributed by atoms with Crippen LogP contribution in [0.3, 0.4) is 0 Å². The third kappa shape index (κ3) is 4.80. The third-order valence-corrected chi connectivity index (χ3v) is 4.55. The topological polar surface area (TPSA) is 62.2 Å². The largest absolute Gasteiger partial charge is 0.356 e. The molecule has 0 spiro atoms. The molecule has 0 fully saturated rings. The highest BCUT2D eigenvalue weighted by Crippen LogP contribution is 2.12. The van der Waals surface area contributed by atoms with E-state index >= 15 is 0 Å². The van der Waals surface area contributed by atoms with E-state index in [1.54, 1.807) is 18.4 Å². The van der Waals surface area contributed by atoms with Gasteiger partial charge < -0.3 is 10.6 Å². The number of aliphatic imine (C=N–C) groups is 1. The second kappa shape index (κ2) is 8.48. The number of pyridine rings is 1. The standard InChI is InChI=1S/C16H23N5S/c1-4-14-10-20-15(22-14)11-21-16(17-3)19-8-6-13-5-7-18-9-12(13)2/h5,7,9-10H,4,6,8,11H2,1-3H3,(H2,17,19,21). The van der Waals surface area contributed by atoms with E-state index in [0.29, 0.717) is 6.54 Å². The molecule has 5 nitrogen and oxygen atoms in total. The fourth-order valence-corrected chi connectivity index (χ4v) is 2.87. The van der Waals surface area contributed by atoms with Gasteiger partial charge in [-0.1, -0.05) is 6.92 Å². The lowest BCUT2D eigenvalue weighted by Gasteiger charge is -2.11. The zero-order valence-electron chi connectivity index (χ0n) is 13.4. The zero-order chi connectivity index (χ0) is 15.8. The van der Waals surface area contributed by atoms with Crippen molar-refractivity contribution in [3.63, 3.8) is 0 Å². The average Bonchev–Trinajstić information content (AvgIpc) is 3.00. The van der Waals surface area contributed by atoms with Gasteiger partial charge in [-0.3, -0.25) is 9.98 Å². The number of nitrogens with zero attached hydrogens (tertiary/aromatic N) is 3. The Bertz CT molecular complexity index is 621. The van der Waals surface area contributed by atoms with Gasteiger partial charge in [0, 0.05) is 37.1 Å². The molecule has 118 valence electrons. The Morgan fingerprint density at radius 3 is 2.86 bits per heavy atom. The molecule has 0 radical (unpaired) electrons. The molecule has 0 bridgehead atoms. The first-order valence-electron chi connectivity index (χ1n) is 7.50. The summed E-state index contributed by atoms with van der Waals surface area (Å²) < 4.78 is 0. The van der Waals surface area contributed by atoms with Gasteiger partial charge in [-0.25, -0.2) is 4.98 Å². The van der Waals surface area contributed by atoms with E-state index in [4.69, 9.17) is 0 Å². The van der Waals surface area contributed by atoms with E-state index in [2.05, 4.69) is 45.5 Å². The Balaban J connectivity index is 1.77. The highest BCUT2D eigenvalue weighted by atomic mass is 32.1. The molecular weight excluding hydrogens is 294 g/mol. The van der Waals surface area contributed by atoms with Crippen molar-refractivity contribution in [1.82, 2.24) is 20.6 Å². The van der Waals surface area contributed by atoms with Gasteiger partial charge in [0.15, 0.2) is 5.96 Å². The van der Waals surface area contributed by atoms with Crippen LogP contribution in [0.1, 0.15) is 27.9 Å². The zero-order valence-corrected chi connectivity index (χ0v) is 14.2. The van der Waals surface area contributed by atoms with Crippen molar-refractivity contribution < 1.29 is 0 Å². The van der Waals surface area contributed by atoms with Gasteiger partial charge in [-0.2, -0.15) is 0 Å². The number of nitrogens with one attached hydrogen (secondary N) is 2. The minimum absolute atomic E-state index is 0.707. The van der Waals surface area contributed by atoms with Crippen LogP contribution in [0.5, 0.6) is 0 Å². The Morgan fingerprint density at radius 1 is 1.32 bits per heavy atom. The number of thiazole rings is 1. The van der Waals surface area contributed by atoms with Crippen LogP contribution in [0.2, 0.25) is 0 Å². The first-order chi connectivity index (χ1) is 10.7. The maximum atomic E-state index is 4.40. The second-order valence-corrected chi connectivity index (χ2v) is 6.18. The van der Waals surface area contributed by atoms with Crippen LogP contribution in [-0.2, 0) is 19.4 Å². The van der Waals surface area contributed by atoms with E-state index in [9.17, 15) is 0 Å². The summed E-state index contributed by atoms with van der Waals surface area (Å²) in [7, 11) is 1.78. The molecule has 2 aromatic heterocycles. The van der Waals surface area contributed by atoms with Crippen molar-refractivity contribution in [1.29, 1.82) is 0 Å². The number of hydrogen-bond donors (Lipinski definition) is 2. The van der Waals surface area contributed by atoms with Crippen molar-refractivity contribution in [2.75, 3.05) is 13.6 Å². The summed E-state index contributed by atoms with van der Waals surface area (Å²) in [5.74, 6) is 0.806. The second-order valence-electron chi connectivity index (χ2n) is 4.98. The number of aromatic nitrogens is 2. The van der Waals surface area contributed by atoms with Crippen molar-refractivity contribution in [3.8, 4) is 0 Å². The molecule has 0 aliphatic heterocycles. The minimum atomic E-state index is 0.707. The highest BCUT2D eigenvalue weighted by molar-refractivity contribution is 7.11. The summed E-state index contributed by atoms with van der Waals surface area (Å²) in [6, 6.07) is 2.06. The van der Waals surface area contributed by atoms with Crippen molar-refractivity contribution in [3.05, 3.63) is 45.7 Å². The Morgan fingerprint density at radius 2 is 2.18 bits per heavy atom. The van der Waals surface area contributed by atoms with Gasteiger partial charge in [0.1, 0.15) is 5.01 Å². The van der Waals surface area contributed by atoms with Crippen LogP contribution >= 0.6 is 11.3 Å². The molecule has 0 saturated carbocycles. The van der Waals surface area contributed by atoms with E-state index in [1.165, 1.54) is 16.0 Å². The van der Waals surface area contributed by atoms with E-state index in [-0.39, 0.29) is 0 Å². The number of rotatable bonds is 6. The lowest BCUT2D eigenvalue weighted by molar-refractivity contribution is 0.789. The molecule has 2 heterocycles. The van der Waals surface area contributed by atoms with Gasteiger partial charge in [-0.15, -0.1) is 11.3 Å². The SMILES string of the molecule is CCc1cnc(CNC(=NC)NCCc2ccncc2C)s1. The smallest absolute Gasteiger partial charge is 0.191 e. The molecular formula is C16H23N5S. The normalized spacial score (nSPS) is 11.5. The van der Waals surface area contributed by atoms with Crippen LogP contribution in [0.4, 0.5) is 0 Å². The summed E-state index contributed by atoms with van der Waals surface area (Å²) in [6.07, 6.45) is 7.67. The molecule has 2 rings (SSSR count). The van der Waals surface area contributed by atoms with Crippen LogP contribution in [0.25, 0.3) is 0 Å². The van der Waals surface area contributed by atoms with Crippen LogP contribution in [-0.4, -0.2) is 29.5 Å². The third-order valence-electron chi connectivity index (χ3n) is 3.40. The Hall–Kier alpha value is -1.95. The Kier molecular flexibility index (Phi) is 6.33. The molecule has 0 amide bonds. The lowest BCUT2D eigenvalue weighted by atomic mass is 10.1. The summed E-state index contributed by atoms with van der Waals surface area (Å²) in [5, 5.41) is 7.72. The predicted octanol–water partition coefficient (Wildman–Crippen LogP) is 2.32. The molecule has 0 aliphatic rings. The molecule has 0 aliphatic carbocycles. The van der Waals surface area contributed by atoms with Gasteiger partial charge in [0.25, 0.3) is 0 Å². The van der Waals surface area contributed by atoms with Crippen LogP contribution in [0, 0.1) is 6.92 Å². The molecule has 2 N–H and O–H groups in total. The minimum Gasteiger partial charge on any atom is -0.356 e. The molecule has 0 atom stereocenters. The summed E-state index contributed by atoms with van der Waals surface area (Å²) in [4.78, 5) is 14.1. The number of guanidine groups is 1. The fourth-order valence-electron chi connectivity index (χ4n) is 2.07. The first kappa shape index (κ1) is 16.4. The quantitative estimate of drug-likeness (QED) is 0.634. The maximum absolute atomic E-state index is 4.40. The van der Waals surface area contributed by atoms with Gasteiger partial charge >= 0.3 is 0 Å². The van der Waals surface area contributed by atoms with Crippen LogP contribution < -0.4 is 10.6 Å². The molecule has 2 aromatic rings. The molecule has 22 heavy (non-hydrogen) atoms. The van der Waals surface area contributed by atoms with E-state index < -0.39 is 0 Å². The molecule has 0 saturated heterocycles. The van der Waals surface area contributed by atoms with E-state index in [1.807, 2.05) is 18.6 Å². The van der Waals surface area contributed by atoms with Gasteiger partial charge in [0.05, 0.1) is 6.54 Å². The molecule has 6 heteroatoms. The number of hydrogen-bond acceptors (Lipinski definition) is 4. The van der Waals surface area contributed by atoms with Crippen LogP contribution in [0.15, 0.2) is 29.6 Å². The summed E-state index contributed by atoms with van der Waals surface area (Å²) in [5.41, 5.74) is 2.53. The van der Waals surface area contributed by atoms with Gasteiger partial charge in [-0.05, 0) is 37.0 Å². The van der Waals surface area contributed by atoms with E-state index in [0.717, 1.165) is 30.4 Å². The monoisotopic (exact) mass is 317 g/mol. The Labute approximate surface area is 135 Å². The maximum Gasteiger partial charge on any atom is 0.191 e. The summed E-state index contributed by atoms with van der Waals surface area (Å²) in [6.45, 7) is 5.77. The van der Waals surface area contributed by atoms with Crippen molar-refractivity contribution in [2.45, 2.75) is 33.2 Å². The lowest BCUT2D eigenvalue weighted by Crippen LogP contribution is -2.37. The van der Waals surface area contributed by atoms with Crippen molar-refractivity contribution in [2.24, 2.45) is 4.99 Å². The molecule has 0 unspecified atom stereocenters. The highest BCUT2D eigenvalue weighted by Gasteiger charge is 2.03. The number of aryl methyl sites for hydroxylation is 2. The molecule has 0 aromatic carbocycles. The average molecular weight is 317 g/mol. The first-order valence-corrected chi connectivity index (χ1v) is 8.32. The van der Waals surface area contributed by atoms with Crippen molar-refractivity contribution >= 4 is 17.3 Å². The fraction of sp³-hybridized carbons (Fsp3) is 0.438. The van der Waals surface area contributed by atoms with Gasteiger partial charge in [0.2, 0.25) is 0 Å². The summed E-state index contributed by atoms with van der Waals surface area (Å²) >= 11 is 1.74. The predicted molar refractivity (Wildman–Crippen MR) is 92.4 cm³/mol.